The van der Waals surface area contributed by atoms with Crippen molar-refractivity contribution in [2.45, 2.75) is 17.9 Å². The van der Waals surface area contributed by atoms with Crippen LogP contribution in [0.25, 0.3) is 22.0 Å². The number of carbonyl (C=O) groups is 1. The number of aromatic nitrogens is 1. The number of carbonyl (C=O) groups excluding carboxylic acids is 1. The number of fused-ring (bicyclic) bond motifs is 3. The Kier molecular flexibility index (Phi) is 4.83. The molecule has 1 unspecified atom stereocenters. The fraction of sp³-hybridized carbons (Fsp3) is 0.125. The highest BCUT2D eigenvalue weighted by molar-refractivity contribution is 7.92. The van der Waals surface area contributed by atoms with Gasteiger partial charge in [-0.15, -0.1) is 0 Å². The molecule has 1 aromatic heterocycles. The van der Waals surface area contributed by atoms with Gasteiger partial charge < -0.3 is 9.12 Å². The first kappa shape index (κ1) is 18.9. The number of nitrogens with zero attached hydrogens (tertiary/aromatic N) is 1. The average molecular weight is 417 g/mol. The maximum Gasteiger partial charge on any atom is 0.274 e. The van der Waals surface area contributed by atoms with Gasteiger partial charge in [0.15, 0.2) is 4.90 Å². The fourth-order valence-electron chi connectivity index (χ4n) is 4.17. The van der Waals surface area contributed by atoms with Gasteiger partial charge in [0.1, 0.15) is 5.75 Å². The SMILES string of the molecule is O=C(NO)c1ccc(Cn2c3c(c4cc(-c5ccccc5)ccc42)[S+]([O-])CC3)cc1. The monoisotopic (exact) mass is 416 g/mol. The molecule has 150 valence electrons. The molecule has 0 saturated heterocycles. The van der Waals surface area contributed by atoms with E-state index in [0.29, 0.717) is 17.9 Å². The van der Waals surface area contributed by atoms with E-state index in [-0.39, 0.29) is 0 Å². The lowest BCUT2D eigenvalue weighted by molar-refractivity contribution is 0.0706. The summed E-state index contributed by atoms with van der Waals surface area (Å²) in [5.74, 6) is 0.129. The Bertz CT molecular complexity index is 1230. The molecule has 5 nitrogen and oxygen atoms in total. The van der Waals surface area contributed by atoms with E-state index in [1.165, 1.54) is 0 Å². The van der Waals surface area contributed by atoms with Gasteiger partial charge in [0.25, 0.3) is 5.91 Å². The van der Waals surface area contributed by atoms with Crippen molar-refractivity contribution in [2.24, 2.45) is 0 Å². The third-order valence-corrected chi connectivity index (χ3v) is 7.12. The van der Waals surface area contributed by atoms with Crippen molar-refractivity contribution < 1.29 is 14.6 Å². The lowest BCUT2D eigenvalue weighted by atomic mass is 10.0. The molecule has 2 N–H and O–H groups in total. The van der Waals surface area contributed by atoms with E-state index >= 15 is 0 Å². The summed E-state index contributed by atoms with van der Waals surface area (Å²) in [7, 11) is 0. The number of hydrogen-bond acceptors (Lipinski definition) is 3. The van der Waals surface area contributed by atoms with Gasteiger partial charge >= 0.3 is 0 Å². The number of nitrogens with one attached hydrogen (secondary N) is 1. The van der Waals surface area contributed by atoms with E-state index in [4.69, 9.17) is 5.21 Å². The summed E-state index contributed by atoms with van der Waals surface area (Å²) >= 11 is -0.987. The normalized spacial score (nSPS) is 15.3. The van der Waals surface area contributed by atoms with Crippen LogP contribution in [0.3, 0.4) is 0 Å². The van der Waals surface area contributed by atoms with Crippen molar-refractivity contribution in [3.05, 3.63) is 89.6 Å². The van der Waals surface area contributed by atoms with Gasteiger partial charge in [-0.1, -0.05) is 48.5 Å². The highest BCUT2D eigenvalue weighted by Gasteiger charge is 2.32. The summed E-state index contributed by atoms with van der Waals surface area (Å²) in [5, 5.41) is 9.84. The van der Waals surface area contributed by atoms with Gasteiger partial charge in [-0.25, -0.2) is 5.48 Å². The summed E-state index contributed by atoms with van der Waals surface area (Å²) in [4.78, 5) is 12.5. The summed E-state index contributed by atoms with van der Waals surface area (Å²) < 4.78 is 15.0. The van der Waals surface area contributed by atoms with E-state index in [0.717, 1.165) is 44.6 Å². The second-order valence-corrected chi connectivity index (χ2v) is 8.90. The predicted octanol–water partition coefficient (Wildman–Crippen LogP) is 4.14. The third-order valence-electron chi connectivity index (χ3n) is 5.64. The Morgan fingerprint density at radius 3 is 2.53 bits per heavy atom. The van der Waals surface area contributed by atoms with Crippen LogP contribution in [0.1, 0.15) is 21.6 Å². The first-order chi connectivity index (χ1) is 14.7. The molecular weight excluding hydrogens is 396 g/mol. The van der Waals surface area contributed by atoms with Gasteiger partial charge in [-0.2, -0.15) is 0 Å². The molecule has 1 atom stereocenters. The number of hydrogen-bond donors (Lipinski definition) is 2. The largest absolute Gasteiger partial charge is 0.611 e. The standard InChI is InChI=1S/C24H20N2O3S/c27-24(25-28)18-8-6-16(7-9-18)15-26-21-11-10-19(17-4-2-1-3-5-17)14-20(21)23-22(26)12-13-30(23)29/h1-11,14,28H,12-13,15H2,(H,25,27). The highest BCUT2D eigenvalue weighted by Crippen LogP contribution is 2.38. The number of hydroxylamine groups is 1. The van der Waals surface area contributed by atoms with Gasteiger partial charge in [0.05, 0.1) is 16.6 Å². The molecule has 6 heteroatoms. The van der Waals surface area contributed by atoms with E-state index < -0.39 is 17.1 Å². The molecule has 0 bridgehead atoms. The average Bonchev–Trinajstić information content (AvgIpc) is 3.32. The minimum Gasteiger partial charge on any atom is -0.611 e. The molecule has 0 radical (unpaired) electrons. The van der Waals surface area contributed by atoms with Crippen molar-refractivity contribution in [3.63, 3.8) is 0 Å². The van der Waals surface area contributed by atoms with Crippen molar-refractivity contribution in [2.75, 3.05) is 5.75 Å². The van der Waals surface area contributed by atoms with E-state index in [9.17, 15) is 9.35 Å². The van der Waals surface area contributed by atoms with E-state index in [1.54, 1.807) is 17.6 Å². The molecular formula is C24H20N2O3S. The van der Waals surface area contributed by atoms with Crippen LogP contribution in [0.15, 0.2) is 77.7 Å². The smallest absolute Gasteiger partial charge is 0.274 e. The van der Waals surface area contributed by atoms with Gasteiger partial charge in [0.2, 0.25) is 0 Å². The van der Waals surface area contributed by atoms with Crippen LogP contribution in [0.4, 0.5) is 0 Å². The van der Waals surface area contributed by atoms with E-state index in [1.807, 2.05) is 30.3 Å². The molecule has 1 aliphatic heterocycles. The highest BCUT2D eigenvalue weighted by atomic mass is 32.2. The first-order valence-electron chi connectivity index (χ1n) is 9.78. The molecule has 1 aliphatic rings. The van der Waals surface area contributed by atoms with E-state index in [2.05, 4.69) is 34.9 Å². The minimum absolute atomic E-state index is 0.400. The summed E-state index contributed by atoms with van der Waals surface area (Å²) in [5.41, 5.74) is 7.55. The Balaban J connectivity index is 1.58. The predicted molar refractivity (Wildman–Crippen MR) is 117 cm³/mol. The maximum absolute atomic E-state index is 12.8. The number of rotatable bonds is 4. The molecule has 2 heterocycles. The zero-order chi connectivity index (χ0) is 20.7. The molecule has 1 amide bonds. The molecule has 0 saturated carbocycles. The molecule has 0 fully saturated rings. The first-order valence-corrected chi connectivity index (χ1v) is 11.1. The summed E-state index contributed by atoms with van der Waals surface area (Å²) in [6.07, 6.45) is 0.794. The van der Waals surface area contributed by atoms with Crippen LogP contribution in [0.5, 0.6) is 0 Å². The molecule has 30 heavy (non-hydrogen) atoms. The van der Waals surface area contributed by atoms with Gasteiger partial charge in [-0.3, -0.25) is 10.0 Å². The fourth-order valence-corrected chi connectivity index (χ4v) is 5.64. The number of amides is 1. The van der Waals surface area contributed by atoms with Crippen molar-refractivity contribution in [3.8, 4) is 11.1 Å². The van der Waals surface area contributed by atoms with Crippen LogP contribution in [0.2, 0.25) is 0 Å². The Morgan fingerprint density at radius 2 is 1.80 bits per heavy atom. The van der Waals surface area contributed by atoms with Crippen LogP contribution < -0.4 is 5.48 Å². The lowest BCUT2D eigenvalue weighted by Gasteiger charge is -2.10. The Morgan fingerprint density at radius 1 is 1.03 bits per heavy atom. The molecule has 3 aromatic carbocycles. The minimum atomic E-state index is -0.987. The van der Waals surface area contributed by atoms with Gasteiger partial charge in [0, 0.05) is 18.5 Å². The topological polar surface area (TPSA) is 77.3 Å². The summed E-state index contributed by atoms with van der Waals surface area (Å²) in [6.45, 7) is 0.634. The second kappa shape index (κ2) is 7.65. The van der Waals surface area contributed by atoms with Crippen LogP contribution in [-0.4, -0.2) is 26.0 Å². The summed E-state index contributed by atoms with van der Waals surface area (Å²) in [6, 6.07) is 23.7. The number of benzene rings is 3. The Hall–Kier alpha value is -3.06. The maximum atomic E-state index is 12.8. The Labute approximate surface area is 177 Å². The van der Waals surface area contributed by atoms with Crippen LogP contribution in [-0.2, 0) is 24.1 Å². The second-order valence-electron chi connectivity index (χ2n) is 7.40. The molecule has 4 aromatic rings. The van der Waals surface area contributed by atoms with Crippen molar-refractivity contribution in [1.82, 2.24) is 10.0 Å². The van der Waals surface area contributed by atoms with Crippen LogP contribution in [0, 0.1) is 0 Å². The third kappa shape index (κ3) is 3.19. The molecule has 0 aliphatic carbocycles. The molecule has 5 rings (SSSR count). The lowest BCUT2D eigenvalue weighted by Crippen LogP contribution is -2.18. The van der Waals surface area contributed by atoms with Crippen molar-refractivity contribution in [1.29, 1.82) is 0 Å². The van der Waals surface area contributed by atoms with Crippen LogP contribution >= 0.6 is 0 Å². The van der Waals surface area contributed by atoms with Crippen molar-refractivity contribution >= 4 is 28.0 Å². The van der Waals surface area contributed by atoms with Gasteiger partial charge in [-0.05, 0) is 52.1 Å². The quantitative estimate of drug-likeness (QED) is 0.298. The zero-order valence-corrected chi connectivity index (χ0v) is 17.0. The zero-order valence-electron chi connectivity index (χ0n) is 16.2. The molecule has 0 spiro atoms.